The molecule has 5 heterocycles. The van der Waals surface area contributed by atoms with Gasteiger partial charge in [-0.15, -0.1) is 11.3 Å². The molecule has 0 atom stereocenters. The molecule has 0 radical (unpaired) electrons. The lowest BCUT2D eigenvalue weighted by Gasteiger charge is -2.26. The van der Waals surface area contributed by atoms with Gasteiger partial charge in [-0.2, -0.15) is 0 Å². The minimum Gasteiger partial charge on any atom is -0.492 e. The second kappa shape index (κ2) is 12.2. The summed E-state index contributed by atoms with van der Waals surface area (Å²) in [6, 6.07) is 11.0. The van der Waals surface area contributed by atoms with E-state index >= 15 is 0 Å². The topological polar surface area (TPSA) is 126 Å². The zero-order valence-electron chi connectivity index (χ0n) is 20.8. The van der Waals surface area contributed by atoms with Crippen LogP contribution in [0.25, 0.3) is 32.5 Å². The van der Waals surface area contributed by atoms with Crippen LogP contribution in [0.2, 0.25) is 0 Å². The first-order chi connectivity index (χ1) is 18.5. The van der Waals surface area contributed by atoms with Gasteiger partial charge in [0, 0.05) is 55.1 Å². The third-order valence-electron chi connectivity index (χ3n) is 6.37. The van der Waals surface area contributed by atoms with Gasteiger partial charge < -0.3 is 24.4 Å². The summed E-state index contributed by atoms with van der Waals surface area (Å²) in [6.07, 6.45) is 1.80. The molecular weight excluding hydrogens is 528 g/mol. The molecule has 0 spiro atoms. The van der Waals surface area contributed by atoms with Gasteiger partial charge in [0.2, 0.25) is 0 Å². The zero-order valence-corrected chi connectivity index (χ0v) is 22.5. The maximum absolute atomic E-state index is 11.5. The van der Waals surface area contributed by atoms with Gasteiger partial charge in [-0.3, -0.25) is 9.88 Å². The largest absolute Gasteiger partial charge is 0.492 e. The lowest BCUT2D eigenvalue weighted by molar-refractivity contribution is 0.109. The molecule has 0 amide bonds. The molecule has 1 aromatic carbocycles. The molecule has 202 valence electrons. The van der Waals surface area contributed by atoms with Crippen LogP contribution in [0, 0.1) is 0 Å². The van der Waals surface area contributed by atoms with Gasteiger partial charge >= 0.3 is 0 Å². The van der Waals surface area contributed by atoms with Gasteiger partial charge in [0.1, 0.15) is 29.0 Å². The second-order valence-corrected chi connectivity index (χ2v) is 12.2. The van der Waals surface area contributed by atoms with Crippen molar-refractivity contribution >= 4 is 42.2 Å². The monoisotopic (exact) mass is 558 g/mol. The van der Waals surface area contributed by atoms with Crippen molar-refractivity contribution in [2.24, 2.45) is 5.16 Å². The highest BCUT2D eigenvalue weighted by Crippen LogP contribution is 2.27. The number of sulfone groups is 1. The number of nitrogens with one attached hydrogen (secondary N) is 1. The average Bonchev–Trinajstić information content (AvgIpc) is 3.43. The van der Waals surface area contributed by atoms with Crippen molar-refractivity contribution in [2.45, 2.75) is 0 Å². The maximum atomic E-state index is 11.5. The number of fused-ring (bicyclic) bond motifs is 2. The van der Waals surface area contributed by atoms with Crippen molar-refractivity contribution in [2.75, 3.05) is 64.1 Å². The summed E-state index contributed by atoms with van der Waals surface area (Å²) in [5.74, 6) is 1.52. The predicted molar refractivity (Wildman–Crippen MR) is 146 cm³/mol. The maximum Gasteiger partial charge on any atom is 0.155 e. The standard InChI is InChI=1S/C22H21N3O5S2.C4H9NO/c26-24-18-12-21(19-13-22-15(14-23-19)3-8-31-22)30-20-2-1-16(11-17(18)20)29-7-4-25-5-9-32(27,28)10-6-25;1-3-6-4-2-5-1/h1-3,8,11-14,26H,4-7,9-10H2;5H,1-4H2. The molecule has 6 rings (SSSR count). The normalized spacial score (nSPS) is 18.3. The molecule has 12 heteroatoms. The highest BCUT2D eigenvalue weighted by molar-refractivity contribution is 7.91. The molecule has 0 saturated carbocycles. The van der Waals surface area contributed by atoms with Gasteiger partial charge in [-0.1, -0.05) is 5.16 Å². The molecule has 4 aromatic rings. The van der Waals surface area contributed by atoms with Crippen LogP contribution in [-0.2, 0) is 14.6 Å². The number of pyridine rings is 1. The number of ether oxygens (including phenoxy) is 2. The lowest BCUT2D eigenvalue weighted by atomic mass is 10.1. The van der Waals surface area contributed by atoms with Crippen LogP contribution >= 0.6 is 11.3 Å². The van der Waals surface area contributed by atoms with Crippen LogP contribution in [0.15, 0.2) is 57.5 Å². The number of benzene rings is 1. The molecule has 2 N–H and O–H groups in total. The van der Waals surface area contributed by atoms with E-state index in [0.717, 1.165) is 36.4 Å². The first-order valence-corrected chi connectivity index (χ1v) is 15.1. The fourth-order valence-corrected chi connectivity index (χ4v) is 6.29. The molecular formula is C26H30N4O6S2. The van der Waals surface area contributed by atoms with Crippen molar-refractivity contribution in [1.82, 2.24) is 15.2 Å². The van der Waals surface area contributed by atoms with Crippen molar-refractivity contribution in [3.8, 4) is 17.2 Å². The number of hydrogen-bond acceptors (Lipinski definition) is 11. The van der Waals surface area contributed by atoms with E-state index in [1.54, 1.807) is 41.8 Å². The molecule has 2 aliphatic rings. The number of nitrogens with zero attached hydrogens (tertiary/aromatic N) is 3. The Kier molecular flexibility index (Phi) is 8.55. The van der Waals surface area contributed by atoms with Gasteiger partial charge in [-0.05, 0) is 35.7 Å². The summed E-state index contributed by atoms with van der Waals surface area (Å²) in [6.45, 7) is 5.97. The summed E-state index contributed by atoms with van der Waals surface area (Å²) < 4.78 is 41.1. The van der Waals surface area contributed by atoms with Crippen LogP contribution in [0.4, 0.5) is 0 Å². The van der Waals surface area contributed by atoms with Crippen molar-refractivity contribution < 1.29 is 27.5 Å². The van der Waals surface area contributed by atoms with Crippen LogP contribution in [0.1, 0.15) is 0 Å². The number of morpholine rings is 1. The van der Waals surface area contributed by atoms with Crippen LogP contribution in [0.5, 0.6) is 5.75 Å². The van der Waals surface area contributed by atoms with E-state index in [0.29, 0.717) is 59.8 Å². The number of rotatable bonds is 5. The van der Waals surface area contributed by atoms with E-state index in [1.807, 2.05) is 17.5 Å². The minimum atomic E-state index is -2.89. The minimum absolute atomic E-state index is 0.197. The second-order valence-electron chi connectivity index (χ2n) is 8.99. The van der Waals surface area contributed by atoms with E-state index in [2.05, 4.69) is 20.4 Å². The fourth-order valence-electron chi connectivity index (χ4n) is 4.22. The SMILES string of the molecule is C1COCCN1.O=S1(=O)CCN(CCOc2ccc3oc(-c4cc5sccc5cn4)cc(=NO)c3c2)CC1. The number of aromatic nitrogens is 1. The molecule has 0 bridgehead atoms. The molecule has 2 fully saturated rings. The van der Waals surface area contributed by atoms with Crippen LogP contribution in [-0.4, -0.2) is 87.6 Å². The lowest BCUT2D eigenvalue weighted by Crippen LogP contribution is -2.42. The Bertz CT molecular complexity index is 1540. The first kappa shape index (κ1) is 26.6. The Balaban J connectivity index is 0.000000433. The first-order valence-electron chi connectivity index (χ1n) is 12.4. The average molecular weight is 559 g/mol. The van der Waals surface area contributed by atoms with Crippen LogP contribution < -0.4 is 15.4 Å². The van der Waals surface area contributed by atoms with Gasteiger partial charge in [0.15, 0.2) is 15.6 Å². The van der Waals surface area contributed by atoms with E-state index in [9.17, 15) is 13.6 Å². The van der Waals surface area contributed by atoms with E-state index in [1.165, 1.54) is 0 Å². The zero-order chi connectivity index (χ0) is 26.4. The van der Waals surface area contributed by atoms with Crippen molar-refractivity contribution in [1.29, 1.82) is 0 Å². The van der Waals surface area contributed by atoms with Gasteiger partial charge in [0.05, 0.1) is 30.1 Å². The Morgan fingerprint density at radius 3 is 2.66 bits per heavy atom. The Hall–Kier alpha value is -3.03. The van der Waals surface area contributed by atoms with Crippen molar-refractivity contribution in [3.05, 3.63) is 53.3 Å². The quantitative estimate of drug-likeness (QED) is 0.281. The summed E-state index contributed by atoms with van der Waals surface area (Å²) in [7, 11) is -2.89. The van der Waals surface area contributed by atoms with Crippen molar-refractivity contribution in [3.63, 3.8) is 0 Å². The summed E-state index contributed by atoms with van der Waals surface area (Å²) in [5.41, 5.74) is 1.22. The molecule has 0 aliphatic carbocycles. The van der Waals surface area contributed by atoms with E-state index in [-0.39, 0.29) is 11.5 Å². The third kappa shape index (κ3) is 6.69. The highest BCUT2D eigenvalue weighted by atomic mass is 32.2. The molecule has 0 unspecified atom stereocenters. The Morgan fingerprint density at radius 2 is 1.95 bits per heavy atom. The predicted octanol–water partition coefficient (Wildman–Crippen LogP) is 2.71. The molecule has 2 aliphatic heterocycles. The highest BCUT2D eigenvalue weighted by Gasteiger charge is 2.21. The number of hydrogen-bond donors (Lipinski definition) is 2. The van der Waals surface area contributed by atoms with Gasteiger partial charge in [-0.25, -0.2) is 8.42 Å². The Morgan fingerprint density at radius 1 is 1.13 bits per heavy atom. The molecule has 38 heavy (non-hydrogen) atoms. The number of thiophene rings is 1. The van der Waals surface area contributed by atoms with Gasteiger partial charge in [0.25, 0.3) is 0 Å². The van der Waals surface area contributed by atoms with Crippen LogP contribution in [0.3, 0.4) is 0 Å². The summed E-state index contributed by atoms with van der Waals surface area (Å²) >= 11 is 1.63. The van der Waals surface area contributed by atoms with E-state index < -0.39 is 9.84 Å². The smallest absolute Gasteiger partial charge is 0.155 e. The fraction of sp³-hybridized carbons (Fsp3) is 0.385. The third-order valence-corrected chi connectivity index (χ3v) is 8.86. The molecule has 2 saturated heterocycles. The van der Waals surface area contributed by atoms with E-state index in [4.69, 9.17) is 13.9 Å². The Labute approximate surface area is 224 Å². The molecule has 10 nitrogen and oxygen atoms in total. The molecule has 3 aromatic heterocycles. The summed E-state index contributed by atoms with van der Waals surface area (Å²) in [4.78, 5) is 6.54. The summed E-state index contributed by atoms with van der Waals surface area (Å²) in [5, 5.41) is 20.3.